The van der Waals surface area contributed by atoms with Gasteiger partial charge in [-0.3, -0.25) is 4.98 Å². The molecule has 1 N–H and O–H groups in total. The summed E-state index contributed by atoms with van der Waals surface area (Å²) < 4.78 is 28.9. The molecule has 0 radical (unpaired) electrons. The Kier molecular flexibility index (Phi) is 7.09. The molecular weight excluding hydrogens is 580 g/mol. The molecule has 7 rings (SSSR count). The summed E-state index contributed by atoms with van der Waals surface area (Å²) in [6.07, 6.45) is 0. The number of halogens is 2. The first kappa shape index (κ1) is 28.9. The molecule has 0 bridgehead atoms. The summed E-state index contributed by atoms with van der Waals surface area (Å²) in [6.45, 7) is 3.82. The number of fused-ring (bicyclic) bond motifs is 2. The number of benzene rings is 4. The highest BCUT2D eigenvalue weighted by atomic mass is 19.1. The average molecular weight is 608 g/mol. The monoisotopic (exact) mass is 607 g/mol. The Morgan fingerprint density at radius 3 is 1.74 bits per heavy atom. The molecule has 0 aliphatic heterocycles. The van der Waals surface area contributed by atoms with Crippen molar-refractivity contribution in [2.45, 2.75) is 19.3 Å². The van der Waals surface area contributed by atoms with E-state index in [2.05, 4.69) is 9.97 Å². The van der Waals surface area contributed by atoms with Gasteiger partial charge in [0.25, 0.3) is 0 Å². The smallest absolute Gasteiger partial charge is 0.354 e. The van der Waals surface area contributed by atoms with E-state index in [1.165, 1.54) is 6.07 Å². The van der Waals surface area contributed by atoms with Gasteiger partial charge in [-0.05, 0) is 94.0 Å². The van der Waals surface area contributed by atoms with Crippen LogP contribution in [0.5, 0.6) is 0 Å². The van der Waals surface area contributed by atoms with Crippen LogP contribution in [0.4, 0.5) is 8.78 Å². The molecule has 0 spiro atoms. The van der Waals surface area contributed by atoms with Crippen molar-refractivity contribution in [1.29, 1.82) is 0 Å². The van der Waals surface area contributed by atoms with Gasteiger partial charge in [0.15, 0.2) is 0 Å². The van der Waals surface area contributed by atoms with E-state index >= 15 is 4.39 Å². The minimum absolute atomic E-state index is 0.0456. The van der Waals surface area contributed by atoms with Gasteiger partial charge in [0.05, 0.1) is 22.6 Å². The van der Waals surface area contributed by atoms with Crippen molar-refractivity contribution in [1.82, 2.24) is 15.0 Å². The molecule has 0 atom stereocenters. The number of hydrogen-bond acceptors (Lipinski definition) is 4. The van der Waals surface area contributed by atoms with Gasteiger partial charge in [-0.2, -0.15) is 13.8 Å². The molecule has 5 nitrogen and oxygen atoms in total. The third-order valence-corrected chi connectivity index (χ3v) is 8.44. The molecule has 3 aromatic heterocycles. The number of nitrogens with zero attached hydrogens (tertiary/aromatic N) is 3. The van der Waals surface area contributed by atoms with Crippen LogP contribution in [-0.2, 0) is 5.41 Å². The fourth-order valence-corrected chi connectivity index (χ4v) is 5.95. The molecule has 7 heteroatoms. The van der Waals surface area contributed by atoms with Crippen LogP contribution in [-0.4, -0.2) is 26.0 Å². The Labute approximate surface area is 263 Å². The van der Waals surface area contributed by atoms with Crippen LogP contribution in [0.15, 0.2) is 121 Å². The lowest BCUT2D eigenvalue weighted by molar-refractivity contribution is 0.0690. The molecule has 0 fully saturated rings. The highest BCUT2D eigenvalue weighted by Gasteiger charge is 2.30. The van der Waals surface area contributed by atoms with Gasteiger partial charge in [-0.1, -0.05) is 84.9 Å². The maximum atomic E-state index is 15.1. The van der Waals surface area contributed by atoms with Crippen molar-refractivity contribution in [2.24, 2.45) is 0 Å². The largest absolute Gasteiger partial charge is 0.477 e. The van der Waals surface area contributed by atoms with Gasteiger partial charge >= 0.3 is 5.97 Å². The van der Waals surface area contributed by atoms with Crippen LogP contribution in [0.2, 0.25) is 0 Å². The first-order valence-electron chi connectivity index (χ1n) is 14.8. The second kappa shape index (κ2) is 11.3. The van der Waals surface area contributed by atoms with Gasteiger partial charge in [0.1, 0.15) is 5.69 Å². The second-order valence-electron chi connectivity index (χ2n) is 11.7. The predicted molar refractivity (Wildman–Crippen MR) is 177 cm³/mol. The second-order valence-corrected chi connectivity index (χ2v) is 11.7. The van der Waals surface area contributed by atoms with E-state index in [-0.39, 0.29) is 17.0 Å². The van der Waals surface area contributed by atoms with Gasteiger partial charge in [0.2, 0.25) is 11.9 Å². The van der Waals surface area contributed by atoms with Crippen molar-refractivity contribution in [3.8, 4) is 33.5 Å². The molecule has 0 unspecified atom stereocenters. The fourth-order valence-electron chi connectivity index (χ4n) is 5.95. The zero-order chi connectivity index (χ0) is 32.0. The zero-order valence-corrected chi connectivity index (χ0v) is 25.0. The third-order valence-electron chi connectivity index (χ3n) is 8.44. The van der Waals surface area contributed by atoms with Crippen molar-refractivity contribution in [3.63, 3.8) is 0 Å². The van der Waals surface area contributed by atoms with E-state index in [9.17, 15) is 14.3 Å². The molecule has 0 aliphatic rings. The van der Waals surface area contributed by atoms with Crippen LogP contribution in [0, 0.1) is 11.9 Å². The molecule has 3 heterocycles. The normalized spacial score (nSPS) is 11.7. The number of carboxylic acid groups (broad SMARTS) is 1. The number of pyridine rings is 3. The molecule has 7 aromatic rings. The third kappa shape index (κ3) is 5.16. The van der Waals surface area contributed by atoms with Crippen molar-refractivity contribution in [3.05, 3.63) is 150 Å². The number of carboxylic acids is 1. The van der Waals surface area contributed by atoms with E-state index in [4.69, 9.17) is 4.98 Å². The average Bonchev–Trinajstić information content (AvgIpc) is 3.07. The Morgan fingerprint density at radius 2 is 1.15 bits per heavy atom. The van der Waals surface area contributed by atoms with Crippen molar-refractivity contribution in [2.75, 3.05) is 0 Å². The molecule has 224 valence electrons. The van der Waals surface area contributed by atoms with E-state index in [0.29, 0.717) is 17.0 Å². The summed E-state index contributed by atoms with van der Waals surface area (Å²) in [5.74, 6) is -3.06. The van der Waals surface area contributed by atoms with Gasteiger partial charge in [0, 0.05) is 5.41 Å². The summed E-state index contributed by atoms with van der Waals surface area (Å²) in [6, 6.07) is 37.3. The Hall–Kier alpha value is -5.82. The van der Waals surface area contributed by atoms with Gasteiger partial charge in [-0.15, -0.1) is 0 Å². The van der Waals surface area contributed by atoms with Gasteiger partial charge in [-0.25, -0.2) is 9.78 Å². The maximum absolute atomic E-state index is 15.1. The summed E-state index contributed by atoms with van der Waals surface area (Å²) in [4.78, 5) is 25.3. The van der Waals surface area contributed by atoms with E-state index in [0.717, 1.165) is 44.3 Å². The minimum atomic E-state index is -1.16. The van der Waals surface area contributed by atoms with E-state index < -0.39 is 23.3 Å². The molecular formula is C39H27F2N3O2. The van der Waals surface area contributed by atoms with E-state index in [1.54, 1.807) is 12.1 Å². The summed E-state index contributed by atoms with van der Waals surface area (Å²) in [5.41, 5.74) is 3.49. The standard InChI is InChI=1S/C39H27F2N3O2/c1-39(2,35-22-26(20-33(43-35)38(45)46)30-16-8-12-24-10-4-6-14-28(24)30)34-21-25(29-15-7-11-23-9-3-5-13-27(23)29)19-32(42-34)31-17-18-36(40)44-37(31)41/h3-22H,1-2H3,(H,45,46). The number of aromatic carboxylic acids is 1. The summed E-state index contributed by atoms with van der Waals surface area (Å²) in [7, 11) is 0. The lowest BCUT2D eigenvalue weighted by Crippen LogP contribution is -2.24. The molecule has 0 saturated carbocycles. The zero-order valence-electron chi connectivity index (χ0n) is 25.0. The highest BCUT2D eigenvalue weighted by Crippen LogP contribution is 2.39. The minimum Gasteiger partial charge on any atom is -0.477 e. The topological polar surface area (TPSA) is 76.0 Å². The van der Waals surface area contributed by atoms with Gasteiger partial charge < -0.3 is 5.11 Å². The van der Waals surface area contributed by atoms with Crippen LogP contribution >= 0.6 is 0 Å². The molecule has 4 aromatic carbocycles. The quantitative estimate of drug-likeness (QED) is 0.191. The summed E-state index contributed by atoms with van der Waals surface area (Å²) >= 11 is 0. The van der Waals surface area contributed by atoms with Crippen molar-refractivity contribution >= 4 is 27.5 Å². The lowest BCUT2D eigenvalue weighted by atomic mass is 9.81. The van der Waals surface area contributed by atoms with Crippen LogP contribution in [0.25, 0.3) is 55.1 Å². The van der Waals surface area contributed by atoms with Crippen LogP contribution in [0.3, 0.4) is 0 Å². The highest BCUT2D eigenvalue weighted by molar-refractivity contribution is 5.99. The Balaban J connectivity index is 1.47. The maximum Gasteiger partial charge on any atom is 0.354 e. The molecule has 0 amide bonds. The molecule has 0 aliphatic carbocycles. The van der Waals surface area contributed by atoms with Crippen LogP contribution < -0.4 is 0 Å². The first-order chi connectivity index (χ1) is 22.2. The number of hydrogen-bond donors (Lipinski definition) is 1. The number of carbonyl (C=O) groups is 1. The first-order valence-corrected chi connectivity index (χ1v) is 14.8. The van der Waals surface area contributed by atoms with Crippen LogP contribution in [0.1, 0.15) is 35.7 Å². The Morgan fingerprint density at radius 1 is 0.609 bits per heavy atom. The number of rotatable bonds is 6. The van der Waals surface area contributed by atoms with Crippen molar-refractivity contribution < 1.29 is 18.7 Å². The number of aromatic nitrogens is 3. The lowest BCUT2D eigenvalue weighted by Gasteiger charge is -2.26. The fraction of sp³-hybridized carbons (Fsp3) is 0.0769. The molecule has 46 heavy (non-hydrogen) atoms. The van der Waals surface area contributed by atoms with E-state index in [1.807, 2.05) is 111 Å². The SMILES string of the molecule is CC(C)(c1cc(-c2cccc3ccccc23)cc(C(=O)O)n1)c1cc(-c2cccc3ccccc23)cc(-c2ccc(F)nc2F)n1. The predicted octanol–water partition coefficient (Wildman–Crippen LogP) is 9.48. The summed E-state index contributed by atoms with van der Waals surface area (Å²) in [5, 5.41) is 14.1. The Bertz CT molecular complexity index is 2310. The molecule has 0 saturated heterocycles.